The molecule has 0 aromatic heterocycles. The van der Waals surface area contributed by atoms with Crippen molar-refractivity contribution >= 4 is 5.97 Å². The highest BCUT2D eigenvalue weighted by molar-refractivity contribution is 5.72. The SMILES string of the molecule is COC(=O)C(C)C(C)NC1CC(O)C1. The molecule has 1 rings (SSSR count). The molecule has 1 aliphatic carbocycles. The van der Waals surface area contributed by atoms with Crippen LogP contribution in [0.25, 0.3) is 0 Å². The average molecular weight is 201 g/mol. The van der Waals surface area contributed by atoms with Gasteiger partial charge in [-0.05, 0) is 19.8 Å². The van der Waals surface area contributed by atoms with Crippen molar-refractivity contribution in [3.8, 4) is 0 Å². The lowest BCUT2D eigenvalue weighted by molar-refractivity contribution is -0.145. The van der Waals surface area contributed by atoms with Crippen molar-refractivity contribution < 1.29 is 14.6 Å². The Bertz CT molecular complexity index is 202. The highest BCUT2D eigenvalue weighted by Crippen LogP contribution is 2.21. The third-order valence-corrected chi connectivity index (χ3v) is 2.93. The number of aliphatic hydroxyl groups is 1. The fraction of sp³-hybridized carbons (Fsp3) is 0.900. The number of esters is 1. The summed E-state index contributed by atoms with van der Waals surface area (Å²) in [6.07, 6.45) is 1.42. The van der Waals surface area contributed by atoms with E-state index in [0.717, 1.165) is 12.8 Å². The van der Waals surface area contributed by atoms with Crippen molar-refractivity contribution in [3.63, 3.8) is 0 Å². The normalized spacial score (nSPS) is 30.3. The summed E-state index contributed by atoms with van der Waals surface area (Å²) in [5.41, 5.74) is 0. The second-order valence-electron chi connectivity index (χ2n) is 4.09. The van der Waals surface area contributed by atoms with E-state index in [1.807, 2.05) is 13.8 Å². The summed E-state index contributed by atoms with van der Waals surface area (Å²) in [6.45, 7) is 3.81. The Morgan fingerprint density at radius 1 is 1.50 bits per heavy atom. The Morgan fingerprint density at radius 2 is 2.07 bits per heavy atom. The zero-order valence-electron chi connectivity index (χ0n) is 8.99. The lowest BCUT2D eigenvalue weighted by Gasteiger charge is -2.35. The van der Waals surface area contributed by atoms with Crippen LogP contribution in [0.1, 0.15) is 26.7 Å². The van der Waals surface area contributed by atoms with Crippen LogP contribution in [0.3, 0.4) is 0 Å². The Morgan fingerprint density at radius 3 is 2.50 bits per heavy atom. The first-order valence-corrected chi connectivity index (χ1v) is 5.06. The van der Waals surface area contributed by atoms with Crippen LogP contribution in [-0.4, -0.2) is 36.4 Å². The van der Waals surface area contributed by atoms with Gasteiger partial charge in [-0.25, -0.2) is 0 Å². The Kier molecular flexibility index (Phi) is 3.89. The van der Waals surface area contributed by atoms with Gasteiger partial charge in [0, 0.05) is 12.1 Å². The van der Waals surface area contributed by atoms with Crippen LogP contribution in [0.4, 0.5) is 0 Å². The number of carbonyl (C=O) groups excluding carboxylic acids is 1. The highest BCUT2D eigenvalue weighted by atomic mass is 16.5. The Labute approximate surface area is 84.6 Å². The van der Waals surface area contributed by atoms with Gasteiger partial charge in [0.05, 0.1) is 19.1 Å². The topological polar surface area (TPSA) is 58.6 Å². The molecule has 0 bridgehead atoms. The van der Waals surface area contributed by atoms with Crippen LogP contribution in [0.2, 0.25) is 0 Å². The fourth-order valence-corrected chi connectivity index (χ4v) is 1.63. The zero-order chi connectivity index (χ0) is 10.7. The van der Waals surface area contributed by atoms with E-state index in [4.69, 9.17) is 5.11 Å². The van der Waals surface area contributed by atoms with Crippen LogP contribution >= 0.6 is 0 Å². The Hall–Kier alpha value is -0.610. The van der Waals surface area contributed by atoms with E-state index in [0.29, 0.717) is 6.04 Å². The number of aliphatic hydroxyl groups excluding tert-OH is 1. The molecule has 4 nitrogen and oxygen atoms in total. The van der Waals surface area contributed by atoms with Crippen LogP contribution in [0.15, 0.2) is 0 Å². The molecule has 0 heterocycles. The molecule has 0 radical (unpaired) electrons. The minimum absolute atomic E-state index is 0.0972. The van der Waals surface area contributed by atoms with E-state index in [9.17, 15) is 4.79 Å². The molecule has 0 spiro atoms. The van der Waals surface area contributed by atoms with Gasteiger partial charge in [-0.1, -0.05) is 6.92 Å². The van der Waals surface area contributed by atoms with Crippen molar-refractivity contribution in [1.29, 1.82) is 0 Å². The molecule has 1 fully saturated rings. The number of carbonyl (C=O) groups is 1. The summed E-state index contributed by atoms with van der Waals surface area (Å²) < 4.78 is 4.66. The zero-order valence-corrected chi connectivity index (χ0v) is 8.99. The van der Waals surface area contributed by atoms with Crippen LogP contribution in [0, 0.1) is 5.92 Å². The molecule has 0 aliphatic heterocycles. The quantitative estimate of drug-likeness (QED) is 0.642. The first-order chi connectivity index (χ1) is 6.54. The molecule has 2 atom stereocenters. The second-order valence-corrected chi connectivity index (χ2v) is 4.09. The predicted molar refractivity (Wildman–Crippen MR) is 52.8 cm³/mol. The third-order valence-electron chi connectivity index (χ3n) is 2.93. The molecule has 0 amide bonds. The van der Waals surface area contributed by atoms with Gasteiger partial charge in [-0.2, -0.15) is 0 Å². The van der Waals surface area contributed by atoms with Crippen molar-refractivity contribution in [2.45, 2.75) is 44.9 Å². The van der Waals surface area contributed by atoms with Crippen molar-refractivity contribution in [3.05, 3.63) is 0 Å². The molecule has 1 aliphatic rings. The molecular formula is C10H19NO3. The lowest BCUT2D eigenvalue weighted by Crippen LogP contribution is -2.50. The van der Waals surface area contributed by atoms with Gasteiger partial charge in [0.25, 0.3) is 0 Å². The molecule has 4 heteroatoms. The van der Waals surface area contributed by atoms with E-state index in [2.05, 4.69) is 10.1 Å². The van der Waals surface area contributed by atoms with E-state index in [1.54, 1.807) is 0 Å². The van der Waals surface area contributed by atoms with Crippen molar-refractivity contribution in [1.82, 2.24) is 5.32 Å². The van der Waals surface area contributed by atoms with E-state index >= 15 is 0 Å². The second kappa shape index (κ2) is 4.75. The maximum absolute atomic E-state index is 11.2. The predicted octanol–water partition coefficient (Wildman–Crippen LogP) is 0.297. The van der Waals surface area contributed by atoms with Gasteiger partial charge in [0.1, 0.15) is 0 Å². The minimum Gasteiger partial charge on any atom is -0.469 e. The van der Waals surface area contributed by atoms with Crippen LogP contribution in [-0.2, 0) is 9.53 Å². The molecule has 14 heavy (non-hydrogen) atoms. The number of methoxy groups -OCH3 is 1. The molecule has 2 unspecified atom stereocenters. The molecular weight excluding hydrogens is 182 g/mol. The number of rotatable bonds is 4. The molecule has 82 valence electrons. The van der Waals surface area contributed by atoms with Gasteiger partial charge >= 0.3 is 5.97 Å². The standard InChI is InChI=1S/C10H19NO3/c1-6(10(13)14-3)7(2)11-8-4-9(12)5-8/h6-9,11-12H,4-5H2,1-3H3. The molecule has 0 saturated heterocycles. The van der Waals surface area contributed by atoms with Gasteiger partial charge in [0.15, 0.2) is 0 Å². The Balaban J connectivity index is 2.27. The molecule has 0 aromatic carbocycles. The van der Waals surface area contributed by atoms with Crippen molar-refractivity contribution in [2.24, 2.45) is 5.92 Å². The van der Waals surface area contributed by atoms with Gasteiger partial charge in [-0.15, -0.1) is 0 Å². The summed E-state index contributed by atoms with van der Waals surface area (Å²) in [5, 5.41) is 12.4. The highest BCUT2D eigenvalue weighted by Gasteiger charge is 2.30. The monoisotopic (exact) mass is 201 g/mol. The van der Waals surface area contributed by atoms with Crippen LogP contribution in [0.5, 0.6) is 0 Å². The van der Waals surface area contributed by atoms with Gasteiger partial charge in [-0.3, -0.25) is 4.79 Å². The minimum atomic E-state index is -0.190. The van der Waals surface area contributed by atoms with Crippen molar-refractivity contribution in [2.75, 3.05) is 7.11 Å². The fourth-order valence-electron chi connectivity index (χ4n) is 1.63. The van der Waals surface area contributed by atoms with Gasteiger partial charge in [0.2, 0.25) is 0 Å². The number of nitrogens with one attached hydrogen (secondary N) is 1. The van der Waals surface area contributed by atoms with E-state index in [-0.39, 0.29) is 24.0 Å². The van der Waals surface area contributed by atoms with E-state index < -0.39 is 0 Å². The van der Waals surface area contributed by atoms with E-state index in [1.165, 1.54) is 7.11 Å². The maximum atomic E-state index is 11.2. The summed E-state index contributed by atoms with van der Waals surface area (Å²) in [4.78, 5) is 11.2. The molecule has 1 saturated carbocycles. The van der Waals surface area contributed by atoms with Gasteiger partial charge < -0.3 is 15.2 Å². The number of hydrogen-bond donors (Lipinski definition) is 2. The van der Waals surface area contributed by atoms with Crippen LogP contribution < -0.4 is 5.32 Å². The summed E-state index contributed by atoms with van der Waals surface area (Å²) >= 11 is 0. The third kappa shape index (κ3) is 2.69. The molecule has 0 aromatic rings. The summed E-state index contributed by atoms with van der Waals surface area (Å²) in [6, 6.07) is 0.451. The smallest absolute Gasteiger partial charge is 0.309 e. The summed E-state index contributed by atoms with van der Waals surface area (Å²) in [7, 11) is 1.40. The first-order valence-electron chi connectivity index (χ1n) is 5.06. The number of hydrogen-bond acceptors (Lipinski definition) is 4. The first kappa shape index (κ1) is 11.5. The molecule has 2 N–H and O–H groups in total. The number of ether oxygens (including phenoxy) is 1. The summed E-state index contributed by atoms with van der Waals surface area (Å²) in [5.74, 6) is -0.331. The largest absolute Gasteiger partial charge is 0.469 e. The average Bonchev–Trinajstić information content (AvgIpc) is 2.12. The maximum Gasteiger partial charge on any atom is 0.309 e. The lowest BCUT2D eigenvalue weighted by atomic mass is 9.88.